The minimum atomic E-state index is -0.0248. The van der Waals surface area contributed by atoms with Crippen molar-refractivity contribution in [3.8, 4) is 5.75 Å². The maximum Gasteiger partial charge on any atom is 0.257 e. The quantitative estimate of drug-likeness (QED) is 0.850. The molecule has 1 heterocycles. The monoisotopic (exact) mass is 290 g/mol. The number of para-hydroxylation sites is 1. The molecule has 0 atom stereocenters. The lowest BCUT2D eigenvalue weighted by Gasteiger charge is -2.32. The molecule has 5 heteroatoms. The molecule has 0 aliphatic carbocycles. The SMILES string of the molecule is COc1ccccc1C(=O)N1CCC(C(=O)N(C)C)CC1. The number of piperidine rings is 1. The number of rotatable bonds is 3. The number of hydrogen-bond acceptors (Lipinski definition) is 3. The zero-order valence-electron chi connectivity index (χ0n) is 12.8. The van der Waals surface area contributed by atoms with E-state index in [0.29, 0.717) is 24.4 Å². The number of nitrogens with zero attached hydrogens (tertiary/aromatic N) is 2. The summed E-state index contributed by atoms with van der Waals surface area (Å²) in [5, 5.41) is 0. The van der Waals surface area contributed by atoms with E-state index in [2.05, 4.69) is 0 Å². The summed E-state index contributed by atoms with van der Waals surface area (Å²) < 4.78 is 5.24. The zero-order chi connectivity index (χ0) is 15.4. The van der Waals surface area contributed by atoms with Crippen LogP contribution in [0, 0.1) is 5.92 Å². The smallest absolute Gasteiger partial charge is 0.257 e. The van der Waals surface area contributed by atoms with Crippen LogP contribution in [-0.2, 0) is 4.79 Å². The van der Waals surface area contributed by atoms with E-state index in [1.807, 2.05) is 12.1 Å². The Labute approximate surface area is 125 Å². The maximum atomic E-state index is 12.5. The number of methoxy groups -OCH3 is 1. The van der Waals surface area contributed by atoms with Crippen molar-refractivity contribution in [3.63, 3.8) is 0 Å². The Morgan fingerprint density at radius 2 is 1.81 bits per heavy atom. The van der Waals surface area contributed by atoms with Gasteiger partial charge in [0, 0.05) is 33.1 Å². The van der Waals surface area contributed by atoms with Crippen LogP contribution in [0.25, 0.3) is 0 Å². The second-order valence-electron chi connectivity index (χ2n) is 5.50. The van der Waals surface area contributed by atoms with Crippen LogP contribution in [0.4, 0.5) is 0 Å². The minimum absolute atomic E-state index is 0.0248. The van der Waals surface area contributed by atoms with Gasteiger partial charge >= 0.3 is 0 Å². The van der Waals surface area contributed by atoms with Crippen molar-refractivity contribution in [3.05, 3.63) is 29.8 Å². The van der Waals surface area contributed by atoms with Crippen molar-refractivity contribution < 1.29 is 14.3 Å². The van der Waals surface area contributed by atoms with Gasteiger partial charge < -0.3 is 14.5 Å². The molecule has 2 rings (SSSR count). The molecular weight excluding hydrogens is 268 g/mol. The van der Waals surface area contributed by atoms with E-state index in [1.54, 1.807) is 43.1 Å². The van der Waals surface area contributed by atoms with Crippen molar-refractivity contribution in [1.29, 1.82) is 0 Å². The van der Waals surface area contributed by atoms with Crippen molar-refractivity contribution in [2.24, 2.45) is 5.92 Å². The number of amides is 2. The fourth-order valence-electron chi connectivity index (χ4n) is 2.69. The van der Waals surface area contributed by atoms with Crippen LogP contribution in [0.5, 0.6) is 5.75 Å². The molecule has 0 radical (unpaired) electrons. The topological polar surface area (TPSA) is 49.9 Å². The molecule has 1 aromatic rings. The Balaban J connectivity index is 2.02. The van der Waals surface area contributed by atoms with E-state index in [-0.39, 0.29) is 17.7 Å². The third-order valence-electron chi connectivity index (χ3n) is 3.91. The lowest BCUT2D eigenvalue weighted by molar-refractivity contribution is -0.134. The zero-order valence-corrected chi connectivity index (χ0v) is 12.8. The fourth-order valence-corrected chi connectivity index (χ4v) is 2.69. The first kappa shape index (κ1) is 15.4. The highest BCUT2D eigenvalue weighted by Gasteiger charge is 2.29. The van der Waals surface area contributed by atoms with Crippen molar-refractivity contribution in [1.82, 2.24) is 9.80 Å². The van der Waals surface area contributed by atoms with Crippen LogP contribution >= 0.6 is 0 Å². The molecular formula is C16H22N2O3. The predicted molar refractivity (Wildman–Crippen MR) is 80.3 cm³/mol. The predicted octanol–water partition coefficient (Wildman–Crippen LogP) is 1.64. The van der Waals surface area contributed by atoms with E-state index in [9.17, 15) is 9.59 Å². The third kappa shape index (κ3) is 3.35. The van der Waals surface area contributed by atoms with E-state index >= 15 is 0 Å². The van der Waals surface area contributed by atoms with Gasteiger partial charge in [-0.3, -0.25) is 9.59 Å². The molecule has 1 saturated heterocycles. The first-order valence-corrected chi connectivity index (χ1v) is 7.18. The number of carbonyl (C=O) groups excluding carboxylic acids is 2. The van der Waals surface area contributed by atoms with Crippen molar-refractivity contribution in [2.75, 3.05) is 34.3 Å². The molecule has 2 amide bonds. The molecule has 21 heavy (non-hydrogen) atoms. The highest BCUT2D eigenvalue weighted by atomic mass is 16.5. The molecule has 0 saturated carbocycles. The van der Waals surface area contributed by atoms with Crippen LogP contribution in [0.3, 0.4) is 0 Å². The molecule has 0 spiro atoms. The second-order valence-corrected chi connectivity index (χ2v) is 5.50. The number of benzene rings is 1. The van der Waals surface area contributed by atoms with E-state index in [1.165, 1.54) is 0 Å². The van der Waals surface area contributed by atoms with Gasteiger partial charge in [-0.15, -0.1) is 0 Å². The van der Waals surface area contributed by atoms with E-state index in [0.717, 1.165) is 12.8 Å². The molecule has 0 unspecified atom stereocenters. The second kappa shape index (κ2) is 6.61. The molecule has 0 N–H and O–H groups in total. The Morgan fingerprint density at radius 3 is 2.38 bits per heavy atom. The highest BCUT2D eigenvalue weighted by molar-refractivity contribution is 5.97. The molecule has 0 bridgehead atoms. The van der Waals surface area contributed by atoms with Crippen LogP contribution < -0.4 is 4.74 Å². The Bertz CT molecular complexity index is 520. The lowest BCUT2D eigenvalue weighted by Crippen LogP contribution is -2.42. The molecule has 114 valence electrons. The molecule has 1 aromatic carbocycles. The summed E-state index contributed by atoms with van der Waals surface area (Å²) in [6.07, 6.45) is 1.44. The van der Waals surface area contributed by atoms with Crippen molar-refractivity contribution >= 4 is 11.8 Å². The third-order valence-corrected chi connectivity index (χ3v) is 3.91. The average Bonchev–Trinajstić information content (AvgIpc) is 2.53. The van der Waals surface area contributed by atoms with Gasteiger partial charge in [-0.1, -0.05) is 12.1 Å². The highest BCUT2D eigenvalue weighted by Crippen LogP contribution is 2.24. The summed E-state index contributed by atoms with van der Waals surface area (Å²) >= 11 is 0. The summed E-state index contributed by atoms with van der Waals surface area (Å²) in [4.78, 5) is 27.9. The number of carbonyl (C=O) groups is 2. The molecule has 5 nitrogen and oxygen atoms in total. The van der Waals surface area contributed by atoms with Crippen LogP contribution in [0.2, 0.25) is 0 Å². The Hall–Kier alpha value is -2.04. The summed E-state index contributed by atoms with van der Waals surface area (Å²) in [5.41, 5.74) is 0.581. The van der Waals surface area contributed by atoms with Gasteiger partial charge in [-0.25, -0.2) is 0 Å². The van der Waals surface area contributed by atoms with E-state index in [4.69, 9.17) is 4.74 Å². The standard InChI is InChI=1S/C16H22N2O3/c1-17(2)15(19)12-8-10-18(11-9-12)16(20)13-6-4-5-7-14(13)21-3/h4-7,12H,8-11H2,1-3H3. The lowest BCUT2D eigenvalue weighted by atomic mass is 9.95. The van der Waals surface area contributed by atoms with Crippen LogP contribution in [-0.4, -0.2) is 55.9 Å². The summed E-state index contributed by atoms with van der Waals surface area (Å²) in [5.74, 6) is 0.748. The number of likely N-dealkylation sites (tertiary alicyclic amines) is 1. The summed E-state index contributed by atoms with van der Waals surface area (Å²) in [6, 6.07) is 7.24. The molecule has 1 aliphatic rings. The minimum Gasteiger partial charge on any atom is -0.496 e. The maximum absolute atomic E-state index is 12.5. The van der Waals surface area contributed by atoms with Gasteiger partial charge in [0.25, 0.3) is 5.91 Å². The van der Waals surface area contributed by atoms with Gasteiger partial charge in [0.05, 0.1) is 12.7 Å². The van der Waals surface area contributed by atoms with E-state index < -0.39 is 0 Å². The van der Waals surface area contributed by atoms with Crippen molar-refractivity contribution in [2.45, 2.75) is 12.8 Å². The molecule has 1 fully saturated rings. The largest absolute Gasteiger partial charge is 0.496 e. The average molecular weight is 290 g/mol. The first-order valence-electron chi connectivity index (χ1n) is 7.18. The summed E-state index contributed by atoms with van der Waals surface area (Å²) in [7, 11) is 5.11. The van der Waals surface area contributed by atoms with Gasteiger partial charge in [-0.2, -0.15) is 0 Å². The first-order chi connectivity index (χ1) is 10.0. The number of ether oxygens (including phenoxy) is 1. The van der Waals surface area contributed by atoms with Gasteiger partial charge in [0.2, 0.25) is 5.91 Å². The molecule has 1 aliphatic heterocycles. The number of hydrogen-bond donors (Lipinski definition) is 0. The van der Waals surface area contributed by atoms with Crippen LogP contribution in [0.15, 0.2) is 24.3 Å². The molecule has 0 aromatic heterocycles. The van der Waals surface area contributed by atoms with Crippen LogP contribution in [0.1, 0.15) is 23.2 Å². The van der Waals surface area contributed by atoms with Gasteiger partial charge in [0.1, 0.15) is 5.75 Å². The summed E-state index contributed by atoms with van der Waals surface area (Å²) in [6.45, 7) is 1.22. The fraction of sp³-hybridized carbons (Fsp3) is 0.500. The van der Waals surface area contributed by atoms with Gasteiger partial charge in [0.15, 0.2) is 0 Å². The Morgan fingerprint density at radius 1 is 1.19 bits per heavy atom. The Kier molecular flexibility index (Phi) is 4.83. The normalized spacial score (nSPS) is 15.7. The van der Waals surface area contributed by atoms with Gasteiger partial charge in [-0.05, 0) is 25.0 Å².